The minimum absolute atomic E-state index is 0.227. The van der Waals surface area contributed by atoms with E-state index < -0.39 is 0 Å². The van der Waals surface area contributed by atoms with Gasteiger partial charge >= 0.3 is 0 Å². The van der Waals surface area contributed by atoms with Gasteiger partial charge in [0.15, 0.2) is 5.78 Å². The lowest BCUT2D eigenvalue weighted by Gasteiger charge is -2.12. The summed E-state index contributed by atoms with van der Waals surface area (Å²) in [6.45, 7) is 4.42. The molecule has 1 atom stereocenters. The first-order valence-electron chi connectivity index (χ1n) is 5.38. The van der Waals surface area contributed by atoms with Crippen LogP contribution in [0.4, 0.5) is 0 Å². The Hall–Kier alpha value is -0.370. The van der Waals surface area contributed by atoms with Crippen molar-refractivity contribution in [1.29, 1.82) is 0 Å². The molecule has 1 fully saturated rings. The van der Waals surface area contributed by atoms with Crippen molar-refractivity contribution in [3.05, 3.63) is 0 Å². The lowest BCUT2D eigenvalue weighted by Crippen LogP contribution is -2.20. The fourth-order valence-corrected chi connectivity index (χ4v) is 1.71. The molecule has 0 aromatic rings. The van der Waals surface area contributed by atoms with Crippen LogP contribution in [0.2, 0.25) is 0 Å². The fraction of sp³-hybridized carbons (Fsp3) is 0.909. The maximum atomic E-state index is 11.5. The molecule has 76 valence electrons. The molecule has 2 heteroatoms. The fourth-order valence-electron chi connectivity index (χ4n) is 1.71. The first-order chi connectivity index (χ1) is 6.24. The molecule has 2 nitrogen and oxygen atoms in total. The summed E-state index contributed by atoms with van der Waals surface area (Å²) in [6.07, 6.45) is 5.83. The van der Waals surface area contributed by atoms with Crippen LogP contribution in [0.1, 0.15) is 46.0 Å². The maximum Gasteiger partial charge on any atom is 0.161 e. The van der Waals surface area contributed by atoms with Crippen molar-refractivity contribution in [3.8, 4) is 0 Å². The Morgan fingerprint density at radius 2 is 2.08 bits per heavy atom. The molecule has 0 amide bonds. The molecule has 1 unspecified atom stereocenters. The number of hydrogen-bond donors (Lipinski definition) is 0. The summed E-state index contributed by atoms with van der Waals surface area (Å²) < 4.78 is 5.42. The average molecular weight is 184 g/mol. The molecular weight excluding hydrogens is 164 g/mol. The number of rotatable bonds is 5. The van der Waals surface area contributed by atoms with Crippen molar-refractivity contribution in [2.24, 2.45) is 5.92 Å². The van der Waals surface area contributed by atoms with Crippen LogP contribution in [0.15, 0.2) is 0 Å². The van der Waals surface area contributed by atoms with E-state index in [0.717, 1.165) is 19.3 Å². The molecular formula is C11H20O2. The zero-order valence-corrected chi connectivity index (χ0v) is 8.71. The molecule has 0 spiro atoms. The van der Waals surface area contributed by atoms with Crippen molar-refractivity contribution in [2.45, 2.75) is 52.1 Å². The Bertz CT molecular complexity index is 159. The molecule has 0 aliphatic heterocycles. The van der Waals surface area contributed by atoms with Gasteiger partial charge in [0, 0.05) is 5.92 Å². The van der Waals surface area contributed by atoms with E-state index in [9.17, 15) is 4.79 Å². The summed E-state index contributed by atoms with van der Waals surface area (Å²) in [7, 11) is 0. The van der Waals surface area contributed by atoms with Gasteiger partial charge in [0.1, 0.15) is 6.61 Å². The van der Waals surface area contributed by atoms with Crippen LogP contribution >= 0.6 is 0 Å². The van der Waals surface area contributed by atoms with E-state index in [2.05, 4.69) is 6.92 Å². The predicted octanol–water partition coefficient (Wildman–Crippen LogP) is 2.56. The minimum atomic E-state index is 0.227. The Balaban J connectivity index is 2.16. The number of carbonyl (C=O) groups is 1. The molecule has 0 bridgehead atoms. The van der Waals surface area contributed by atoms with Crippen LogP contribution in [0.25, 0.3) is 0 Å². The van der Waals surface area contributed by atoms with Crippen LogP contribution < -0.4 is 0 Å². The van der Waals surface area contributed by atoms with Gasteiger partial charge in [-0.15, -0.1) is 0 Å². The molecule has 1 saturated carbocycles. The molecule has 13 heavy (non-hydrogen) atoms. The number of ketones is 1. The van der Waals surface area contributed by atoms with Gasteiger partial charge in [-0.2, -0.15) is 0 Å². The van der Waals surface area contributed by atoms with Gasteiger partial charge < -0.3 is 4.74 Å². The van der Waals surface area contributed by atoms with Crippen molar-refractivity contribution in [2.75, 3.05) is 6.61 Å². The van der Waals surface area contributed by atoms with Gasteiger partial charge in [-0.1, -0.05) is 19.8 Å². The molecule has 0 aromatic heterocycles. The maximum absolute atomic E-state index is 11.5. The Morgan fingerprint density at radius 1 is 1.46 bits per heavy atom. The summed E-state index contributed by atoms with van der Waals surface area (Å²) in [5.74, 6) is 0.627. The first kappa shape index (κ1) is 10.7. The summed E-state index contributed by atoms with van der Waals surface area (Å²) in [4.78, 5) is 11.5. The largest absolute Gasteiger partial charge is 0.371 e. The number of hydrogen-bond acceptors (Lipinski definition) is 2. The monoisotopic (exact) mass is 184 g/mol. The smallest absolute Gasteiger partial charge is 0.161 e. The third-order valence-electron chi connectivity index (χ3n) is 2.90. The standard InChI is InChI=1S/C11H20O2/c1-3-9(2)13-8-11(12)10-6-4-5-7-10/h9-10H,3-8H2,1-2H3. The Labute approximate surface area is 80.7 Å². The molecule has 0 aromatic carbocycles. The summed E-state index contributed by atoms with van der Waals surface area (Å²) in [6, 6.07) is 0. The summed E-state index contributed by atoms with van der Waals surface area (Å²) in [5.41, 5.74) is 0. The van der Waals surface area contributed by atoms with E-state index in [0.29, 0.717) is 18.3 Å². The van der Waals surface area contributed by atoms with Crippen LogP contribution in [0.3, 0.4) is 0 Å². The average Bonchev–Trinajstić information content (AvgIpc) is 2.66. The summed E-state index contributed by atoms with van der Waals surface area (Å²) >= 11 is 0. The summed E-state index contributed by atoms with van der Waals surface area (Å²) in [5, 5.41) is 0. The molecule has 1 aliphatic rings. The second-order valence-corrected chi connectivity index (χ2v) is 3.98. The lowest BCUT2D eigenvalue weighted by molar-refractivity contribution is -0.129. The highest BCUT2D eigenvalue weighted by Gasteiger charge is 2.22. The molecule has 0 heterocycles. The Morgan fingerprint density at radius 3 is 2.62 bits per heavy atom. The zero-order valence-electron chi connectivity index (χ0n) is 8.71. The molecule has 1 rings (SSSR count). The van der Waals surface area contributed by atoms with Gasteiger partial charge in [-0.05, 0) is 26.2 Å². The topological polar surface area (TPSA) is 26.3 Å². The van der Waals surface area contributed by atoms with E-state index in [-0.39, 0.29) is 6.10 Å². The van der Waals surface area contributed by atoms with Gasteiger partial charge in [0.2, 0.25) is 0 Å². The normalized spacial score (nSPS) is 20.5. The van der Waals surface area contributed by atoms with Gasteiger partial charge in [0.05, 0.1) is 6.10 Å². The third kappa shape index (κ3) is 3.47. The molecule has 0 saturated heterocycles. The quantitative estimate of drug-likeness (QED) is 0.656. The highest BCUT2D eigenvalue weighted by Crippen LogP contribution is 2.25. The number of carbonyl (C=O) groups excluding carboxylic acids is 1. The van der Waals surface area contributed by atoms with E-state index in [1.54, 1.807) is 0 Å². The second kappa shape index (κ2) is 5.38. The van der Waals surface area contributed by atoms with E-state index in [1.165, 1.54) is 12.8 Å². The predicted molar refractivity (Wildman–Crippen MR) is 52.7 cm³/mol. The van der Waals surface area contributed by atoms with E-state index in [4.69, 9.17) is 4.74 Å². The van der Waals surface area contributed by atoms with Crippen LogP contribution in [-0.4, -0.2) is 18.5 Å². The molecule has 1 aliphatic carbocycles. The Kier molecular flexibility index (Phi) is 4.43. The van der Waals surface area contributed by atoms with E-state index >= 15 is 0 Å². The van der Waals surface area contributed by atoms with E-state index in [1.807, 2.05) is 6.92 Å². The third-order valence-corrected chi connectivity index (χ3v) is 2.90. The lowest BCUT2D eigenvalue weighted by atomic mass is 10.0. The number of ether oxygens (including phenoxy) is 1. The minimum Gasteiger partial charge on any atom is -0.371 e. The van der Waals surface area contributed by atoms with Crippen molar-refractivity contribution >= 4 is 5.78 Å². The van der Waals surface area contributed by atoms with Crippen LogP contribution in [0, 0.1) is 5.92 Å². The highest BCUT2D eigenvalue weighted by atomic mass is 16.5. The molecule has 0 radical (unpaired) electrons. The second-order valence-electron chi connectivity index (χ2n) is 3.98. The van der Waals surface area contributed by atoms with Crippen molar-refractivity contribution in [3.63, 3.8) is 0 Å². The SMILES string of the molecule is CCC(C)OCC(=O)C1CCCC1. The van der Waals surface area contributed by atoms with Gasteiger partial charge in [-0.25, -0.2) is 0 Å². The van der Waals surface area contributed by atoms with Gasteiger partial charge in [-0.3, -0.25) is 4.79 Å². The van der Waals surface area contributed by atoms with Crippen molar-refractivity contribution in [1.82, 2.24) is 0 Å². The van der Waals surface area contributed by atoms with Crippen LogP contribution in [-0.2, 0) is 9.53 Å². The van der Waals surface area contributed by atoms with Gasteiger partial charge in [0.25, 0.3) is 0 Å². The van der Waals surface area contributed by atoms with Crippen molar-refractivity contribution < 1.29 is 9.53 Å². The highest BCUT2D eigenvalue weighted by molar-refractivity contribution is 5.82. The number of Topliss-reactive ketones (excluding diaryl/α,β-unsaturated/α-hetero) is 1. The zero-order chi connectivity index (χ0) is 9.68. The first-order valence-corrected chi connectivity index (χ1v) is 5.38. The van der Waals surface area contributed by atoms with Crippen LogP contribution in [0.5, 0.6) is 0 Å². The molecule has 0 N–H and O–H groups in total.